The van der Waals surface area contributed by atoms with Crippen molar-refractivity contribution < 1.29 is 9.59 Å². The Kier molecular flexibility index (Phi) is 4.37. The molecule has 0 aromatic heterocycles. The van der Waals surface area contributed by atoms with Gasteiger partial charge < -0.3 is 9.80 Å². The Morgan fingerprint density at radius 1 is 0.688 bits per heavy atom. The number of guanidine groups is 2. The molecule has 0 aliphatic carbocycles. The van der Waals surface area contributed by atoms with E-state index in [-0.39, 0.29) is 11.8 Å². The molecule has 32 heavy (non-hydrogen) atoms. The smallest absolute Gasteiger partial charge is 0.252 e. The fraction of sp³-hybridized carbons (Fsp3) is 0.333. The Balaban J connectivity index is 0.000000135. The maximum absolute atomic E-state index is 11.8. The van der Waals surface area contributed by atoms with Crippen molar-refractivity contribution in [1.29, 1.82) is 0 Å². The minimum atomic E-state index is -0.508. The summed E-state index contributed by atoms with van der Waals surface area (Å²) in [6.07, 6.45) is 0. The number of aliphatic imine (C=N–C) groups is 2. The fourth-order valence-corrected chi connectivity index (χ4v) is 4.22. The largest absolute Gasteiger partial charge is 0.324 e. The molecule has 2 fully saturated rings. The second-order valence-electron chi connectivity index (χ2n) is 9.33. The normalized spacial score (nSPS) is 21.0. The quantitative estimate of drug-likeness (QED) is 0.673. The molecule has 0 bridgehead atoms. The number of amides is 2. The van der Waals surface area contributed by atoms with E-state index in [1.165, 1.54) is 0 Å². The van der Waals surface area contributed by atoms with Gasteiger partial charge in [-0.15, -0.1) is 0 Å². The van der Waals surface area contributed by atoms with Crippen molar-refractivity contribution in [3.05, 3.63) is 59.7 Å². The molecule has 4 aliphatic rings. The van der Waals surface area contributed by atoms with Crippen LogP contribution in [0.2, 0.25) is 0 Å². The van der Waals surface area contributed by atoms with Crippen molar-refractivity contribution in [3.8, 4) is 0 Å². The number of benzene rings is 2. The SMILES string of the molecule is CC1(C)C(=O)NC2=Nc3ccccc3CN21.CC1(C)C(=O)NC2=Nc3ccccc3CN21. The highest BCUT2D eigenvalue weighted by Crippen LogP contribution is 2.33. The third-order valence-corrected chi connectivity index (χ3v) is 6.52. The van der Waals surface area contributed by atoms with Gasteiger partial charge in [-0.1, -0.05) is 36.4 Å². The van der Waals surface area contributed by atoms with Crippen LogP contribution in [0.4, 0.5) is 11.4 Å². The van der Waals surface area contributed by atoms with Crippen molar-refractivity contribution in [3.63, 3.8) is 0 Å². The predicted molar refractivity (Wildman–Crippen MR) is 123 cm³/mol. The zero-order chi connectivity index (χ0) is 22.7. The molecular weight excluding hydrogens is 404 g/mol. The van der Waals surface area contributed by atoms with Gasteiger partial charge in [0.1, 0.15) is 11.1 Å². The number of hydrogen-bond acceptors (Lipinski definition) is 6. The summed E-state index contributed by atoms with van der Waals surface area (Å²) >= 11 is 0. The number of rotatable bonds is 0. The van der Waals surface area contributed by atoms with Crippen LogP contribution in [0.3, 0.4) is 0 Å². The Labute approximate surface area is 187 Å². The van der Waals surface area contributed by atoms with E-state index in [0.717, 1.165) is 35.6 Å². The monoisotopic (exact) mass is 430 g/mol. The lowest BCUT2D eigenvalue weighted by atomic mass is 10.0. The second-order valence-corrected chi connectivity index (χ2v) is 9.33. The van der Waals surface area contributed by atoms with Gasteiger partial charge in [0.25, 0.3) is 11.8 Å². The van der Waals surface area contributed by atoms with Gasteiger partial charge in [0.15, 0.2) is 0 Å². The molecule has 2 N–H and O–H groups in total. The summed E-state index contributed by atoms with van der Waals surface area (Å²) in [4.78, 5) is 36.5. The highest BCUT2D eigenvalue weighted by molar-refractivity contribution is 6.10. The molecule has 2 amide bonds. The van der Waals surface area contributed by atoms with Gasteiger partial charge in [0.2, 0.25) is 11.9 Å². The molecule has 2 aromatic carbocycles. The van der Waals surface area contributed by atoms with E-state index in [1.807, 2.05) is 73.9 Å². The number of fused-ring (bicyclic) bond motifs is 4. The number of para-hydroxylation sites is 2. The first kappa shape index (κ1) is 20.2. The van der Waals surface area contributed by atoms with E-state index in [0.29, 0.717) is 11.9 Å². The summed E-state index contributed by atoms with van der Waals surface area (Å²) in [5.41, 5.74) is 3.21. The molecule has 4 aliphatic heterocycles. The summed E-state index contributed by atoms with van der Waals surface area (Å²) in [5, 5.41) is 5.65. The van der Waals surface area contributed by atoms with Gasteiger partial charge >= 0.3 is 0 Å². The zero-order valence-electron chi connectivity index (χ0n) is 18.6. The van der Waals surface area contributed by atoms with E-state index in [4.69, 9.17) is 0 Å². The summed E-state index contributed by atoms with van der Waals surface area (Å²) in [6, 6.07) is 16.0. The molecular formula is C24H26N6O2. The lowest BCUT2D eigenvalue weighted by molar-refractivity contribution is -0.125. The first-order valence-electron chi connectivity index (χ1n) is 10.7. The third kappa shape index (κ3) is 3.05. The van der Waals surface area contributed by atoms with Crippen LogP contribution in [-0.4, -0.2) is 44.6 Å². The van der Waals surface area contributed by atoms with Crippen LogP contribution in [0.15, 0.2) is 58.5 Å². The predicted octanol–water partition coefficient (Wildman–Crippen LogP) is 2.80. The molecule has 8 heteroatoms. The molecule has 8 nitrogen and oxygen atoms in total. The summed E-state index contributed by atoms with van der Waals surface area (Å²) in [7, 11) is 0. The van der Waals surface area contributed by atoms with Crippen molar-refractivity contribution in [1.82, 2.24) is 20.4 Å². The maximum Gasteiger partial charge on any atom is 0.252 e. The van der Waals surface area contributed by atoms with Gasteiger partial charge in [0.05, 0.1) is 11.4 Å². The van der Waals surface area contributed by atoms with Crippen molar-refractivity contribution in [2.45, 2.75) is 51.9 Å². The van der Waals surface area contributed by atoms with Crippen molar-refractivity contribution in [2.24, 2.45) is 9.98 Å². The van der Waals surface area contributed by atoms with Gasteiger partial charge in [-0.2, -0.15) is 0 Å². The second kappa shape index (κ2) is 6.91. The molecule has 0 unspecified atom stereocenters. The average Bonchev–Trinajstić information content (AvgIpc) is 3.13. The number of carbonyl (C=O) groups is 2. The van der Waals surface area contributed by atoms with Gasteiger partial charge in [-0.05, 0) is 51.0 Å². The van der Waals surface area contributed by atoms with E-state index in [9.17, 15) is 9.59 Å². The third-order valence-electron chi connectivity index (χ3n) is 6.52. The van der Waals surface area contributed by atoms with Crippen LogP contribution in [0.1, 0.15) is 38.8 Å². The Bertz CT molecular complexity index is 1100. The molecule has 0 radical (unpaired) electrons. The molecule has 2 aromatic rings. The van der Waals surface area contributed by atoms with E-state index in [2.05, 4.69) is 32.8 Å². The molecule has 4 heterocycles. The minimum absolute atomic E-state index is 0.0130. The van der Waals surface area contributed by atoms with Crippen LogP contribution in [-0.2, 0) is 22.7 Å². The molecule has 2 saturated heterocycles. The Morgan fingerprint density at radius 2 is 1.06 bits per heavy atom. The average molecular weight is 431 g/mol. The van der Waals surface area contributed by atoms with Gasteiger partial charge in [-0.25, -0.2) is 9.98 Å². The Morgan fingerprint density at radius 3 is 1.47 bits per heavy atom. The molecule has 0 saturated carbocycles. The fourth-order valence-electron chi connectivity index (χ4n) is 4.22. The van der Waals surface area contributed by atoms with E-state index < -0.39 is 11.1 Å². The van der Waals surface area contributed by atoms with Crippen LogP contribution in [0.5, 0.6) is 0 Å². The topological polar surface area (TPSA) is 89.4 Å². The van der Waals surface area contributed by atoms with Crippen LogP contribution >= 0.6 is 0 Å². The van der Waals surface area contributed by atoms with E-state index in [1.54, 1.807) is 0 Å². The Hall–Kier alpha value is -3.68. The summed E-state index contributed by atoms with van der Waals surface area (Å²) < 4.78 is 0. The van der Waals surface area contributed by atoms with Crippen LogP contribution < -0.4 is 10.6 Å². The van der Waals surface area contributed by atoms with Gasteiger partial charge in [0, 0.05) is 13.1 Å². The van der Waals surface area contributed by atoms with Crippen molar-refractivity contribution >= 4 is 35.1 Å². The highest BCUT2D eigenvalue weighted by atomic mass is 16.2. The molecule has 6 rings (SSSR count). The molecule has 164 valence electrons. The zero-order valence-corrected chi connectivity index (χ0v) is 18.6. The summed E-state index contributed by atoms with van der Waals surface area (Å²) in [5.74, 6) is 1.38. The standard InChI is InChI=1S/2C12H13N3O/c2*1-12(2)10(16)14-11-13-9-6-4-3-5-8(9)7-15(11)12/h2*3-6H,7H2,1-2H3,(H,13,14,16). The first-order chi connectivity index (χ1) is 15.2. The number of carbonyl (C=O) groups excluding carboxylic acids is 2. The minimum Gasteiger partial charge on any atom is -0.324 e. The maximum atomic E-state index is 11.8. The van der Waals surface area contributed by atoms with Crippen LogP contribution in [0, 0.1) is 0 Å². The molecule has 0 atom stereocenters. The number of nitrogens with one attached hydrogen (secondary N) is 2. The summed E-state index contributed by atoms with van der Waals surface area (Å²) in [6.45, 7) is 9.14. The first-order valence-corrected chi connectivity index (χ1v) is 10.7. The highest BCUT2D eigenvalue weighted by Gasteiger charge is 2.46. The lowest BCUT2D eigenvalue weighted by Gasteiger charge is -2.32. The van der Waals surface area contributed by atoms with E-state index >= 15 is 0 Å². The number of hydrogen-bond donors (Lipinski definition) is 2. The van der Waals surface area contributed by atoms with Gasteiger partial charge in [-0.3, -0.25) is 20.2 Å². The number of nitrogens with zero attached hydrogens (tertiary/aromatic N) is 4. The lowest BCUT2D eigenvalue weighted by Crippen LogP contribution is -2.44. The molecule has 0 spiro atoms. The van der Waals surface area contributed by atoms with Crippen molar-refractivity contribution in [2.75, 3.05) is 0 Å². The van der Waals surface area contributed by atoms with Crippen LogP contribution in [0.25, 0.3) is 0 Å².